The van der Waals surface area contributed by atoms with E-state index in [1.165, 1.54) is 18.2 Å². The molecule has 0 radical (unpaired) electrons. The summed E-state index contributed by atoms with van der Waals surface area (Å²) in [4.78, 5) is 14.0. The molecule has 17 heavy (non-hydrogen) atoms. The van der Waals surface area contributed by atoms with E-state index in [0.29, 0.717) is 29.2 Å². The number of benzene rings is 1. The summed E-state index contributed by atoms with van der Waals surface area (Å²) in [6.45, 7) is 4.22. The number of nitrogens with zero attached hydrogens (tertiary/aromatic N) is 1. The van der Waals surface area contributed by atoms with Gasteiger partial charge >= 0.3 is 0 Å². The molecule has 1 N–H and O–H groups in total. The van der Waals surface area contributed by atoms with E-state index in [9.17, 15) is 9.18 Å². The van der Waals surface area contributed by atoms with Crippen molar-refractivity contribution in [3.8, 4) is 0 Å². The molecule has 1 fully saturated rings. The molecule has 1 aromatic carbocycles. The molecule has 3 nitrogen and oxygen atoms in total. The number of hydrogen-bond donors (Lipinski definition) is 1. The van der Waals surface area contributed by atoms with Crippen LogP contribution in [-0.4, -0.2) is 36.5 Å². The Morgan fingerprint density at radius 1 is 1.59 bits per heavy atom. The number of carbonyl (C=O) groups is 1. The first-order valence-electron chi connectivity index (χ1n) is 5.55. The van der Waals surface area contributed by atoms with Crippen LogP contribution in [0.3, 0.4) is 0 Å². The smallest absolute Gasteiger partial charge is 0.253 e. The van der Waals surface area contributed by atoms with Gasteiger partial charge in [-0.15, -0.1) is 0 Å². The molecule has 0 aliphatic carbocycles. The summed E-state index contributed by atoms with van der Waals surface area (Å²) in [5, 5.41) is 3.28. The van der Waals surface area contributed by atoms with Crippen LogP contribution in [0.1, 0.15) is 17.3 Å². The molecular weight excluding hydrogens is 287 g/mol. The minimum absolute atomic E-state index is 0.0425. The quantitative estimate of drug-likeness (QED) is 0.861. The summed E-state index contributed by atoms with van der Waals surface area (Å²) in [5.41, 5.74) is 0.521. The zero-order chi connectivity index (χ0) is 12.4. The summed E-state index contributed by atoms with van der Waals surface area (Å²) in [6, 6.07) is 4.67. The molecule has 0 bridgehead atoms. The highest BCUT2D eigenvalue weighted by molar-refractivity contribution is 9.10. The van der Waals surface area contributed by atoms with Gasteiger partial charge in [0.2, 0.25) is 0 Å². The Balaban J connectivity index is 2.15. The van der Waals surface area contributed by atoms with E-state index in [1.807, 2.05) is 6.92 Å². The first kappa shape index (κ1) is 12.5. The highest BCUT2D eigenvalue weighted by Gasteiger charge is 2.21. The number of carbonyl (C=O) groups excluding carboxylic acids is 1. The van der Waals surface area contributed by atoms with E-state index >= 15 is 0 Å². The van der Waals surface area contributed by atoms with Gasteiger partial charge < -0.3 is 10.2 Å². The molecule has 5 heteroatoms. The second-order valence-corrected chi connectivity index (χ2v) is 5.09. The SMILES string of the molecule is CC1CN(C(=O)c2ccc(F)c(Br)c2)CCN1. The maximum absolute atomic E-state index is 13.1. The van der Waals surface area contributed by atoms with E-state index in [0.717, 1.165) is 6.54 Å². The van der Waals surface area contributed by atoms with Crippen molar-refractivity contribution in [2.45, 2.75) is 13.0 Å². The van der Waals surface area contributed by atoms with E-state index in [4.69, 9.17) is 0 Å². The lowest BCUT2D eigenvalue weighted by atomic mass is 10.1. The lowest BCUT2D eigenvalue weighted by Gasteiger charge is -2.32. The molecule has 0 aromatic heterocycles. The van der Waals surface area contributed by atoms with Crippen molar-refractivity contribution in [1.82, 2.24) is 10.2 Å². The summed E-state index contributed by atoms with van der Waals surface area (Å²) >= 11 is 3.09. The molecule has 1 atom stereocenters. The van der Waals surface area contributed by atoms with Gasteiger partial charge in [-0.3, -0.25) is 4.79 Å². The summed E-state index contributed by atoms with van der Waals surface area (Å²) in [5.74, 6) is -0.394. The lowest BCUT2D eigenvalue weighted by Crippen LogP contribution is -2.51. The van der Waals surface area contributed by atoms with Crippen LogP contribution < -0.4 is 5.32 Å². The topological polar surface area (TPSA) is 32.3 Å². The minimum Gasteiger partial charge on any atom is -0.336 e. The van der Waals surface area contributed by atoms with Crippen LogP contribution in [0, 0.1) is 5.82 Å². The third-order valence-corrected chi connectivity index (χ3v) is 3.43. The molecular formula is C12H14BrFN2O. The molecule has 1 saturated heterocycles. The Hall–Kier alpha value is -0.940. The zero-order valence-electron chi connectivity index (χ0n) is 9.54. The first-order valence-corrected chi connectivity index (χ1v) is 6.35. The average molecular weight is 301 g/mol. The van der Waals surface area contributed by atoms with Gasteiger partial charge in [-0.05, 0) is 41.1 Å². The van der Waals surface area contributed by atoms with E-state index < -0.39 is 0 Å². The van der Waals surface area contributed by atoms with Crippen LogP contribution in [0.25, 0.3) is 0 Å². The predicted octanol–water partition coefficient (Wildman–Crippen LogP) is 2.02. The number of hydrogen-bond acceptors (Lipinski definition) is 2. The zero-order valence-corrected chi connectivity index (χ0v) is 11.1. The second-order valence-electron chi connectivity index (χ2n) is 4.24. The van der Waals surface area contributed by atoms with E-state index in [2.05, 4.69) is 21.2 Å². The van der Waals surface area contributed by atoms with Crippen LogP contribution in [0.2, 0.25) is 0 Å². The molecule has 92 valence electrons. The minimum atomic E-state index is -0.352. The monoisotopic (exact) mass is 300 g/mol. The average Bonchev–Trinajstić information content (AvgIpc) is 2.32. The van der Waals surface area contributed by atoms with Crippen LogP contribution in [0.5, 0.6) is 0 Å². The molecule has 2 rings (SSSR count). The standard InChI is InChI=1S/C12H14BrFN2O/c1-8-7-16(5-4-15-8)12(17)9-2-3-11(14)10(13)6-9/h2-3,6,8,15H,4-5,7H2,1H3. The van der Waals surface area contributed by atoms with Crippen molar-refractivity contribution in [3.63, 3.8) is 0 Å². The number of nitrogens with one attached hydrogen (secondary N) is 1. The molecule has 1 aliphatic heterocycles. The normalized spacial score (nSPS) is 20.4. The Morgan fingerprint density at radius 3 is 3.00 bits per heavy atom. The molecule has 1 amide bonds. The van der Waals surface area contributed by atoms with Crippen LogP contribution in [-0.2, 0) is 0 Å². The first-order chi connectivity index (χ1) is 8.08. The number of rotatable bonds is 1. The lowest BCUT2D eigenvalue weighted by molar-refractivity contribution is 0.0709. The van der Waals surface area contributed by atoms with Crippen LogP contribution in [0.15, 0.2) is 22.7 Å². The molecule has 1 heterocycles. The van der Waals surface area contributed by atoms with Gasteiger partial charge in [0.25, 0.3) is 5.91 Å². The van der Waals surface area contributed by atoms with Gasteiger partial charge in [0.05, 0.1) is 4.47 Å². The third kappa shape index (κ3) is 2.84. The van der Waals surface area contributed by atoms with Crippen molar-refractivity contribution in [3.05, 3.63) is 34.1 Å². The molecule has 1 aliphatic rings. The molecule has 1 unspecified atom stereocenters. The largest absolute Gasteiger partial charge is 0.336 e. The molecule has 1 aromatic rings. The maximum Gasteiger partial charge on any atom is 0.253 e. The van der Waals surface area contributed by atoms with Crippen LogP contribution >= 0.6 is 15.9 Å². The highest BCUT2D eigenvalue weighted by Crippen LogP contribution is 2.18. The van der Waals surface area contributed by atoms with E-state index in [1.54, 1.807) is 4.90 Å². The summed E-state index contributed by atoms with van der Waals surface area (Å²) in [7, 11) is 0. The Labute approximate surface area is 108 Å². The van der Waals surface area contributed by atoms with Gasteiger partial charge in [-0.1, -0.05) is 0 Å². The van der Waals surface area contributed by atoms with Crippen LogP contribution in [0.4, 0.5) is 4.39 Å². The van der Waals surface area contributed by atoms with Crippen molar-refractivity contribution < 1.29 is 9.18 Å². The van der Waals surface area contributed by atoms with Gasteiger partial charge in [0.15, 0.2) is 0 Å². The number of piperazine rings is 1. The Morgan fingerprint density at radius 2 is 2.35 bits per heavy atom. The number of halogens is 2. The second kappa shape index (κ2) is 5.14. The fourth-order valence-electron chi connectivity index (χ4n) is 1.93. The highest BCUT2D eigenvalue weighted by atomic mass is 79.9. The fraction of sp³-hybridized carbons (Fsp3) is 0.417. The van der Waals surface area contributed by atoms with E-state index in [-0.39, 0.29) is 11.7 Å². The maximum atomic E-state index is 13.1. The van der Waals surface area contributed by atoms with Crippen molar-refractivity contribution in [1.29, 1.82) is 0 Å². The van der Waals surface area contributed by atoms with Gasteiger partial charge in [-0.2, -0.15) is 0 Å². The van der Waals surface area contributed by atoms with Gasteiger partial charge in [0, 0.05) is 31.2 Å². The van der Waals surface area contributed by atoms with Crippen molar-refractivity contribution in [2.24, 2.45) is 0 Å². The Kier molecular flexibility index (Phi) is 3.79. The molecule has 0 saturated carbocycles. The summed E-state index contributed by atoms with van der Waals surface area (Å²) in [6.07, 6.45) is 0. The Bertz CT molecular complexity index is 439. The summed E-state index contributed by atoms with van der Waals surface area (Å²) < 4.78 is 13.4. The molecule has 0 spiro atoms. The number of amides is 1. The fourth-order valence-corrected chi connectivity index (χ4v) is 2.31. The van der Waals surface area contributed by atoms with Crippen molar-refractivity contribution >= 4 is 21.8 Å². The predicted molar refractivity (Wildman–Crippen MR) is 67.5 cm³/mol. The third-order valence-electron chi connectivity index (χ3n) is 2.82. The van der Waals surface area contributed by atoms with Gasteiger partial charge in [-0.25, -0.2) is 4.39 Å². The van der Waals surface area contributed by atoms with Crippen molar-refractivity contribution in [2.75, 3.05) is 19.6 Å². The van der Waals surface area contributed by atoms with Gasteiger partial charge in [0.1, 0.15) is 5.82 Å².